The molecule has 4 heteroatoms. The van der Waals surface area contributed by atoms with E-state index in [0.29, 0.717) is 11.5 Å². The number of fused-ring (bicyclic) bond motifs is 1. The maximum atomic E-state index is 11.4. The molecule has 0 aliphatic heterocycles. The summed E-state index contributed by atoms with van der Waals surface area (Å²) < 4.78 is 2.09. The number of rotatable bonds is 6. The molecule has 0 fully saturated rings. The number of hydrogen-bond donors (Lipinski definition) is 1. The Kier molecular flexibility index (Phi) is 4.88. The van der Waals surface area contributed by atoms with Gasteiger partial charge in [-0.15, -0.1) is 0 Å². The van der Waals surface area contributed by atoms with E-state index in [0.717, 1.165) is 41.6 Å². The highest BCUT2D eigenvalue weighted by Crippen LogP contribution is 2.40. The fourth-order valence-corrected chi connectivity index (χ4v) is 3.73. The molecule has 0 aliphatic carbocycles. The predicted octanol–water partition coefficient (Wildman–Crippen LogP) is 5.23. The molecule has 0 bridgehead atoms. The monoisotopic (exact) mass is 336 g/mol. The average Bonchev–Trinajstić information content (AvgIpc) is 2.92. The van der Waals surface area contributed by atoms with Gasteiger partial charge in [0.05, 0.1) is 17.0 Å². The van der Waals surface area contributed by atoms with Gasteiger partial charge in [-0.2, -0.15) is 0 Å². The lowest BCUT2D eigenvalue weighted by Crippen LogP contribution is -2.01. The van der Waals surface area contributed by atoms with Crippen LogP contribution in [0.5, 0.6) is 0 Å². The van der Waals surface area contributed by atoms with Crippen LogP contribution in [0.4, 0.5) is 0 Å². The van der Waals surface area contributed by atoms with Gasteiger partial charge in [0, 0.05) is 24.1 Å². The fraction of sp³-hybridized carbons (Fsp3) is 0.333. The number of aromatic nitrogens is 2. The van der Waals surface area contributed by atoms with Crippen molar-refractivity contribution in [2.75, 3.05) is 0 Å². The number of carboxylic acids is 1. The maximum Gasteiger partial charge on any atom is 0.335 e. The number of pyridine rings is 1. The largest absolute Gasteiger partial charge is 0.478 e. The first-order chi connectivity index (χ1) is 12.1. The Morgan fingerprint density at radius 2 is 2.04 bits per heavy atom. The predicted molar refractivity (Wildman–Crippen MR) is 101 cm³/mol. The molecule has 1 unspecified atom stereocenters. The Hall–Kier alpha value is -2.62. The van der Waals surface area contributed by atoms with Crippen molar-refractivity contribution in [1.82, 2.24) is 9.55 Å². The second-order valence-electron chi connectivity index (χ2n) is 6.47. The minimum absolute atomic E-state index is 0.316. The van der Waals surface area contributed by atoms with Crippen LogP contribution >= 0.6 is 0 Å². The van der Waals surface area contributed by atoms with Gasteiger partial charge in [0.2, 0.25) is 0 Å². The van der Waals surface area contributed by atoms with Gasteiger partial charge in [0.1, 0.15) is 0 Å². The molecule has 130 valence electrons. The first-order valence-electron chi connectivity index (χ1n) is 8.85. The minimum Gasteiger partial charge on any atom is -0.478 e. The number of aromatic carboxylic acids is 1. The highest BCUT2D eigenvalue weighted by Gasteiger charge is 2.23. The van der Waals surface area contributed by atoms with E-state index < -0.39 is 5.97 Å². The van der Waals surface area contributed by atoms with E-state index in [4.69, 9.17) is 0 Å². The zero-order valence-electron chi connectivity index (χ0n) is 15.0. The molecule has 25 heavy (non-hydrogen) atoms. The zero-order valence-corrected chi connectivity index (χ0v) is 15.0. The molecule has 0 amide bonds. The second kappa shape index (κ2) is 7.09. The molecule has 3 aromatic rings. The van der Waals surface area contributed by atoms with Crippen LogP contribution in [0.1, 0.15) is 54.9 Å². The Morgan fingerprint density at radius 1 is 1.24 bits per heavy atom. The van der Waals surface area contributed by atoms with Crippen LogP contribution in [-0.2, 0) is 7.05 Å². The van der Waals surface area contributed by atoms with Crippen molar-refractivity contribution in [3.05, 3.63) is 53.7 Å². The van der Waals surface area contributed by atoms with E-state index in [1.54, 1.807) is 18.3 Å². The second-order valence-corrected chi connectivity index (χ2v) is 6.47. The van der Waals surface area contributed by atoms with Gasteiger partial charge >= 0.3 is 5.97 Å². The minimum atomic E-state index is -0.898. The van der Waals surface area contributed by atoms with Gasteiger partial charge in [-0.3, -0.25) is 4.98 Å². The van der Waals surface area contributed by atoms with Crippen molar-refractivity contribution in [1.29, 1.82) is 0 Å². The quantitative estimate of drug-likeness (QED) is 0.670. The van der Waals surface area contributed by atoms with Crippen molar-refractivity contribution in [3.63, 3.8) is 0 Å². The summed E-state index contributed by atoms with van der Waals surface area (Å²) in [4.78, 5) is 16.0. The molecule has 1 N–H and O–H groups in total. The maximum absolute atomic E-state index is 11.4. The lowest BCUT2D eigenvalue weighted by molar-refractivity contribution is 0.0697. The number of carboxylic acid groups (broad SMARTS) is 1. The molecule has 0 radical (unpaired) electrons. The average molecular weight is 336 g/mol. The molecule has 0 saturated heterocycles. The van der Waals surface area contributed by atoms with E-state index in [1.807, 2.05) is 31.3 Å². The van der Waals surface area contributed by atoms with Crippen molar-refractivity contribution < 1.29 is 9.90 Å². The number of benzene rings is 1. The van der Waals surface area contributed by atoms with Gasteiger partial charge in [0.25, 0.3) is 0 Å². The summed E-state index contributed by atoms with van der Waals surface area (Å²) in [7, 11) is 2.00. The van der Waals surface area contributed by atoms with Crippen LogP contribution in [0.15, 0.2) is 42.6 Å². The van der Waals surface area contributed by atoms with E-state index in [2.05, 4.69) is 23.4 Å². The van der Waals surface area contributed by atoms with Crippen LogP contribution in [0, 0.1) is 0 Å². The molecule has 3 rings (SSSR count). The first kappa shape index (κ1) is 17.2. The van der Waals surface area contributed by atoms with E-state index in [1.165, 1.54) is 5.56 Å². The third kappa shape index (κ3) is 3.04. The van der Waals surface area contributed by atoms with Crippen LogP contribution in [0.2, 0.25) is 0 Å². The summed E-state index contributed by atoms with van der Waals surface area (Å²) in [6.07, 6.45) is 5.08. The molecule has 0 saturated carbocycles. The van der Waals surface area contributed by atoms with Crippen molar-refractivity contribution in [2.45, 2.75) is 39.0 Å². The van der Waals surface area contributed by atoms with Gasteiger partial charge < -0.3 is 9.67 Å². The first-order valence-corrected chi connectivity index (χ1v) is 8.85. The van der Waals surface area contributed by atoms with Crippen LogP contribution in [0.25, 0.3) is 22.3 Å². The molecule has 1 aromatic carbocycles. The summed E-state index contributed by atoms with van der Waals surface area (Å²) in [5.41, 5.74) is 4.58. The van der Waals surface area contributed by atoms with Gasteiger partial charge in [-0.25, -0.2) is 4.79 Å². The molecule has 0 spiro atoms. The third-order valence-electron chi connectivity index (χ3n) is 4.93. The highest BCUT2D eigenvalue weighted by molar-refractivity contribution is 5.97. The lowest BCUT2D eigenvalue weighted by atomic mass is 9.88. The smallest absolute Gasteiger partial charge is 0.335 e. The normalized spacial score (nSPS) is 12.4. The van der Waals surface area contributed by atoms with Crippen molar-refractivity contribution in [3.8, 4) is 11.4 Å². The molecule has 0 aliphatic rings. The van der Waals surface area contributed by atoms with Gasteiger partial charge in [-0.1, -0.05) is 32.4 Å². The van der Waals surface area contributed by atoms with Crippen molar-refractivity contribution >= 4 is 16.9 Å². The Labute approximate surface area is 148 Å². The number of carbonyl (C=O) groups is 1. The molecule has 4 nitrogen and oxygen atoms in total. The molecular weight excluding hydrogens is 312 g/mol. The standard InChI is InChI=1S/C21H24N2O2/c1-4-8-14(5-2)19-16-11-10-15(21(24)25)13-18(16)23(3)20(19)17-9-6-7-12-22-17/h6-7,9-14H,4-5,8H2,1-3H3,(H,24,25). The summed E-state index contributed by atoms with van der Waals surface area (Å²) in [5.74, 6) is -0.467. The van der Waals surface area contributed by atoms with Crippen LogP contribution in [0.3, 0.4) is 0 Å². The molecule has 2 heterocycles. The topological polar surface area (TPSA) is 55.1 Å². The van der Waals surface area contributed by atoms with Crippen LogP contribution < -0.4 is 0 Å². The molecular formula is C21H24N2O2. The summed E-state index contributed by atoms with van der Waals surface area (Å²) in [6.45, 7) is 4.42. The number of hydrogen-bond acceptors (Lipinski definition) is 2. The summed E-state index contributed by atoms with van der Waals surface area (Å²) >= 11 is 0. The van der Waals surface area contributed by atoms with E-state index in [-0.39, 0.29) is 0 Å². The number of nitrogens with zero attached hydrogens (tertiary/aromatic N) is 2. The lowest BCUT2D eigenvalue weighted by Gasteiger charge is -2.16. The molecule has 1 atom stereocenters. The Balaban J connectivity index is 2.34. The third-order valence-corrected chi connectivity index (χ3v) is 4.93. The van der Waals surface area contributed by atoms with Gasteiger partial charge in [0.15, 0.2) is 0 Å². The van der Waals surface area contributed by atoms with E-state index in [9.17, 15) is 9.90 Å². The zero-order chi connectivity index (χ0) is 18.0. The highest BCUT2D eigenvalue weighted by atomic mass is 16.4. The summed E-state index contributed by atoms with van der Waals surface area (Å²) in [6, 6.07) is 11.4. The number of aryl methyl sites for hydroxylation is 1. The van der Waals surface area contributed by atoms with Crippen molar-refractivity contribution in [2.24, 2.45) is 7.05 Å². The van der Waals surface area contributed by atoms with Gasteiger partial charge in [-0.05, 0) is 48.6 Å². The fourth-order valence-electron chi connectivity index (χ4n) is 3.73. The SMILES string of the molecule is CCCC(CC)c1c(-c2ccccn2)n(C)c2cc(C(=O)O)ccc12. The Morgan fingerprint density at radius 3 is 2.64 bits per heavy atom. The van der Waals surface area contributed by atoms with Crippen LogP contribution in [-0.4, -0.2) is 20.6 Å². The summed E-state index contributed by atoms with van der Waals surface area (Å²) in [5, 5.41) is 10.5. The molecule has 2 aromatic heterocycles. The Bertz CT molecular complexity index is 897. The van der Waals surface area contributed by atoms with E-state index >= 15 is 0 Å².